The molecule has 0 bridgehead atoms. The lowest BCUT2D eigenvalue weighted by Crippen LogP contribution is -2.38. The average molecular weight is 504 g/mol. The molecule has 0 fully saturated rings. The molecule has 0 unspecified atom stereocenters. The molecular weight excluding hydrogens is 477 g/mol. The fraction of sp³-hybridized carbons (Fsp3) is 0.400. The van der Waals surface area contributed by atoms with Crippen LogP contribution in [0, 0.1) is 13.8 Å². The number of aryl methyl sites for hydroxylation is 2. The van der Waals surface area contributed by atoms with Crippen LogP contribution in [0.1, 0.15) is 29.2 Å². The Bertz CT molecular complexity index is 772. The molecule has 0 aliphatic heterocycles. The molecule has 0 aliphatic carbocycles. The second-order valence-electron chi connectivity index (χ2n) is 6.16. The van der Waals surface area contributed by atoms with Crippen molar-refractivity contribution in [3.8, 4) is 5.75 Å². The van der Waals surface area contributed by atoms with Gasteiger partial charge in [-0.05, 0) is 50.5 Å². The van der Waals surface area contributed by atoms with Crippen LogP contribution in [0.2, 0.25) is 0 Å². The van der Waals surface area contributed by atoms with Crippen LogP contribution in [-0.2, 0) is 13.0 Å². The summed E-state index contributed by atoms with van der Waals surface area (Å²) in [6.45, 7) is 4.70. The molecule has 2 rings (SSSR count). The van der Waals surface area contributed by atoms with E-state index in [1.165, 1.54) is 5.56 Å². The largest absolute Gasteiger partial charge is 0.434 e. The quantitative estimate of drug-likeness (QED) is 0.321. The first-order valence-corrected chi connectivity index (χ1v) is 8.95. The summed E-state index contributed by atoms with van der Waals surface area (Å²) in [4.78, 5) is 8.60. The van der Waals surface area contributed by atoms with E-state index < -0.39 is 6.61 Å². The van der Waals surface area contributed by atoms with E-state index in [1.807, 2.05) is 39.1 Å². The zero-order chi connectivity index (χ0) is 19.6. The minimum Gasteiger partial charge on any atom is -0.434 e. The summed E-state index contributed by atoms with van der Waals surface area (Å²) in [6, 6.07) is 7.11. The molecule has 5 nitrogen and oxygen atoms in total. The van der Waals surface area contributed by atoms with Crippen LogP contribution >= 0.6 is 24.0 Å². The number of benzene rings is 1. The molecule has 1 heterocycles. The van der Waals surface area contributed by atoms with E-state index in [9.17, 15) is 8.78 Å². The van der Waals surface area contributed by atoms with Crippen LogP contribution < -0.4 is 15.4 Å². The summed E-state index contributed by atoms with van der Waals surface area (Å²) in [6.07, 6.45) is 4.46. The lowest BCUT2D eigenvalue weighted by atomic mass is 10.1. The molecular formula is C20H27F2IN4O. The molecule has 0 amide bonds. The van der Waals surface area contributed by atoms with Gasteiger partial charge in [0.1, 0.15) is 5.75 Å². The molecule has 1 aromatic heterocycles. The maximum atomic E-state index is 12.6. The van der Waals surface area contributed by atoms with E-state index in [1.54, 1.807) is 18.3 Å². The second-order valence-corrected chi connectivity index (χ2v) is 6.16. The van der Waals surface area contributed by atoms with Crippen molar-refractivity contribution in [3.05, 3.63) is 58.9 Å². The second kappa shape index (κ2) is 12.5. The van der Waals surface area contributed by atoms with Crippen LogP contribution in [-0.4, -0.2) is 30.6 Å². The molecule has 154 valence electrons. The van der Waals surface area contributed by atoms with Gasteiger partial charge in [0.25, 0.3) is 0 Å². The molecule has 0 saturated heterocycles. The lowest BCUT2D eigenvalue weighted by Gasteiger charge is -2.13. The summed E-state index contributed by atoms with van der Waals surface area (Å²) in [5.74, 6) is 0.788. The van der Waals surface area contributed by atoms with Crippen LogP contribution in [0.25, 0.3) is 0 Å². The highest BCUT2D eigenvalue weighted by Gasteiger charge is 2.10. The number of pyridine rings is 1. The molecule has 2 aromatic rings. The van der Waals surface area contributed by atoms with Crippen LogP contribution in [0.4, 0.5) is 8.78 Å². The van der Waals surface area contributed by atoms with Gasteiger partial charge in [-0.25, -0.2) is 4.99 Å². The number of halogens is 3. The SMILES string of the molecule is CCNC(=NCc1cc(C)ccc1OC(F)F)NCCc1ccncc1C.I. The number of ether oxygens (including phenoxy) is 1. The number of guanidine groups is 1. The summed E-state index contributed by atoms with van der Waals surface area (Å²) >= 11 is 0. The zero-order valence-electron chi connectivity index (χ0n) is 16.3. The van der Waals surface area contributed by atoms with E-state index >= 15 is 0 Å². The normalized spacial score (nSPS) is 11.1. The summed E-state index contributed by atoms with van der Waals surface area (Å²) in [7, 11) is 0. The Morgan fingerprint density at radius 2 is 1.96 bits per heavy atom. The highest BCUT2D eigenvalue weighted by molar-refractivity contribution is 14.0. The number of hydrogen-bond donors (Lipinski definition) is 2. The summed E-state index contributed by atoms with van der Waals surface area (Å²) in [5, 5.41) is 6.44. The van der Waals surface area contributed by atoms with Crippen LogP contribution in [0.3, 0.4) is 0 Å². The van der Waals surface area contributed by atoms with E-state index in [4.69, 9.17) is 0 Å². The fourth-order valence-electron chi connectivity index (χ4n) is 2.65. The van der Waals surface area contributed by atoms with Gasteiger partial charge in [0, 0.05) is 31.0 Å². The third-order valence-electron chi connectivity index (χ3n) is 4.01. The average Bonchev–Trinajstić information content (AvgIpc) is 2.63. The zero-order valence-corrected chi connectivity index (χ0v) is 18.7. The molecule has 1 aromatic carbocycles. The summed E-state index contributed by atoms with van der Waals surface area (Å²) in [5.41, 5.74) is 3.96. The smallest absolute Gasteiger partial charge is 0.387 e. The number of hydrogen-bond acceptors (Lipinski definition) is 3. The van der Waals surface area contributed by atoms with E-state index in [-0.39, 0.29) is 36.3 Å². The number of alkyl halides is 2. The first-order chi connectivity index (χ1) is 13.0. The topological polar surface area (TPSA) is 58.5 Å². The minimum atomic E-state index is -2.86. The maximum absolute atomic E-state index is 12.6. The monoisotopic (exact) mass is 504 g/mol. The Labute approximate surface area is 182 Å². The molecule has 0 aliphatic rings. The number of aromatic nitrogens is 1. The van der Waals surface area contributed by atoms with E-state index in [2.05, 4.69) is 25.3 Å². The highest BCUT2D eigenvalue weighted by atomic mass is 127. The van der Waals surface area contributed by atoms with Crippen molar-refractivity contribution in [3.63, 3.8) is 0 Å². The molecule has 0 atom stereocenters. The predicted molar refractivity (Wildman–Crippen MR) is 119 cm³/mol. The van der Waals surface area contributed by atoms with Crippen LogP contribution in [0.15, 0.2) is 41.7 Å². The number of nitrogens with one attached hydrogen (secondary N) is 2. The molecule has 8 heteroatoms. The van der Waals surface area contributed by atoms with Gasteiger partial charge in [0.2, 0.25) is 0 Å². The van der Waals surface area contributed by atoms with Gasteiger partial charge in [0.05, 0.1) is 6.54 Å². The Kier molecular flexibility index (Phi) is 10.7. The number of aliphatic imine (C=N–C) groups is 1. The Balaban J connectivity index is 0.00000392. The van der Waals surface area contributed by atoms with Gasteiger partial charge in [-0.2, -0.15) is 8.78 Å². The van der Waals surface area contributed by atoms with Crippen molar-refractivity contribution in [2.24, 2.45) is 4.99 Å². The van der Waals surface area contributed by atoms with Crippen molar-refractivity contribution in [2.45, 2.75) is 40.3 Å². The number of nitrogens with zero attached hydrogens (tertiary/aromatic N) is 2. The Hall–Kier alpha value is -1.97. The molecule has 28 heavy (non-hydrogen) atoms. The highest BCUT2D eigenvalue weighted by Crippen LogP contribution is 2.22. The Morgan fingerprint density at radius 3 is 2.64 bits per heavy atom. The van der Waals surface area contributed by atoms with Crippen molar-refractivity contribution in [2.75, 3.05) is 13.1 Å². The van der Waals surface area contributed by atoms with E-state index in [0.29, 0.717) is 24.6 Å². The fourth-order valence-corrected chi connectivity index (χ4v) is 2.65. The lowest BCUT2D eigenvalue weighted by molar-refractivity contribution is -0.0504. The maximum Gasteiger partial charge on any atom is 0.387 e. The van der Waals surface area contributed by atoms with Gasteiger partial charge in [-0.1, -0.05) is 17.7 Å². The van der Waals surface area contributed by atoms with Crippen molar-refractivity contribution >= 4 is 29.9 Å². The van der Waals surface area contributed by atoms with Gasteiger partial charge >= 0.3 is 6.61 Å². The first kappa shape index (κ1) is 24.1. The third-order valence-corrected chi connectivity index (χ3v) is 4.01. The Morgan fingerprint density at radius 1 is 1.18 bits per heavy atom. The van der Waals surface area contributed by atoms with Crippen molar-refractivity contribution in [1.82, 2.24) is 15.6 Å². The minimum absolute atomic E-state index is 0. The standard InChI is InChI=1S/C20H26F2N4O.HI/c1-4-24-20(25-10-8-16-7-9-23-12-15(16)3)26-13-17-11-14(2)5-6-18(17)27-19(21)22;/h5-7,9,11-12,19H,4,8,10,13H2,1-3H3,(H2,24,25,26);1H. The van der Waals surface area contributed by atoms with Gasteiger partial charge in [-0.15, -0.1) is 24.0 Å². The molecule has 0 radical (unpaired) electrons. The van der Waals surface area contributed by atoms with E-state index in [0.717, 1.165) is 17.5 Å². The molecule has 0 saturated carbocycles. The predicted octanol–water partition coefficient (Wildman–Crippen LogP) is 4.22. The first-order valence-electron chi connectivity index (χ1n) is 8.95. The van der Waals surface area contributed by atoms with Crippen LogP contribution in [0.5, 0.6) is 5.75 Å². The summed E-state index contributed by atoms with van der Waals surface area (Å²) < 4.78 is 29.8. The molecule has 0 spiro atoms. The van der Waals surface area contributed by atoms with Gasteiger partial charge in [0.15, 0.2) is 5.96 Å². The van der Waals surface area contributed by atoms with Crippen molar-refractivity contribution < 1.29 is 13.5 Å². The third kappa shape index (κ3) is 7.95. The van der Waals surface area contributed by atoms with Gasteiger partial charge in [-0.3, -0.25) is 4.98 Å². The van der Waals surface area contributed by atoms with Gasteiger partial charge < -0.3 is 15.4 Å². The number of rotatable bonds is 8. The molecule has 2 N–H and O–H groups in total. The van der Waals surface area contributed by atoms with Crippen molar-refractivity contribution in [1.29, 1.82) is 0 Å².